The van der Waals surface area contributed by atoms with Crippen LogP contribution in [-0.2, 0) is 4.74 Å². The van der Waals surface area contributed by atoms with Crippen molar-refractivity contribution in [1.29, 1.82) is 0 Å². The van der Waals surface area contributed by atoms with Gasteiger partial charge in [-0.2, -0.15) is 0 Å². The number of rotatable bonds is 2. The standard InChI is InChI=1S/C15H27NO2/c1-12-4-8-16(14(12)11-17)13-5-9-18-15(10-13)6-2-3-7-15/h12-14,17H,2-11H2,1H3. The van der Waals surface area contributed by atoms with Crippen LogP contribution in [0.1, 0.15) is 51.9 Å². The Balaban J connectivity index is 1.68. The van der Waals surface area contributed by atoms with Crippen LogP contribution < -0.4 is 0 Å². The fourth-order valence-electron chi connectivity index (χ4n) is 4.43. The van der Waals surface area contributed by atoms with Crippen LogP contribution in [0.3, 0.4) is 0 Å². The van der Waals surface area contributed by atoms with Crippen molar-refractivity contribution < 1.29 is 9.84 Å². The van der Waals surface area contributed by atoms with E-state index in [4.69, 9.17) is 4.74 Å². The summed E-state index contributed by atoms with van der Waals surface area (Å²) in [5, 5.41) is 9.62. The molecule has 2 saturated heterocycles. The number of hydrogen-bond acceptors (Lipinski definition) is 3. The van der Waals surface area contributed by atoms with Gasteiger partial charge in [0.2, 0.25) is 0 Å². The first-order valence-electron chi connectivity index (χ1n) is 7.75. The van der Waals surface area contributed by atoms with Crippen LogP contribution in [0.25, 0.3) is 0 Å². The van der Waals surface area contributed by atoms with Gasteiger partial charge in [0.1, 0.15) is 0 Å². The zero-order chi connectivity index (χ0) is 12.6. The molecule has 1 spiro atoms. The van der Waals surface area contributed by atoms with Crippen molar-refractivity contribution in [2.24, 2.45) is 5.92 Å². The number of likely N-dealkylation sites (tertiary alicyclic amines) is 1. The highest BCUT2D eigenvalue weighted by Gasteiger charge is 2.44. The van der Waals surface area contributed by atoms with Crippen LogP contribution >= 0.6 is 0 Å². The molecular formula is C15H27NO2. The molecule has 3 rings (SSSR count). The molecule has 0 bridgehead atoms. The van der Waals surface area contributed by atoms with Gasteiger partial charge in [0, 0.05) is 18.7 Å². The summed E-state index contributed by atoms with van der Waals surface area (Å²) in [6.07, 6.45) is 8.81. The third-order valence-corrected chi connectivity index (χ3v) is 5.56. The molecule has 18 heavy (non-hydrogen) atoms. The lowest BCUT2D eigenvalue weighted by atomic mass is 9.87. The van der Waals surface area contributed by atoms with Crippen molar-refractivity contribution in [3.63, 3.8) is 0 Å². The second kappa shape index (κ2) is 5.10. The van der Waals surface area contributed by atoms with Gasteiger partial charge in [-0.15, -0.1) is 0 Å². The van der Waals surface area contributed by atoms with Crippen molar-refractivity contribution in [3.8, 4) is 0 Å². The predicted molar refractivity (Wildman–Crippen MR) is 71.5 cm³/mol. The quantitative estimate of drug-likeness (QED) is 0.819. The zero-order valence-corrected chi connectivity index (χ0v) is 11.6. The molecule has 0 aromatic rings. The Morgan fingerprint density at radius 3 is 2.78 bits per heavy atom. The summed E-state index contributed by atoms with van der Waals surface area (Å²) in [5.74, 6) is 0.650. The van der Waals surface area contributed by atoms with Crippen LogP contribution in [-0.4, -0.2) is 47.4 Å². The number of aliphatic hydroxyl groups excluding tert-OH is 1. The van der Waals surface area contributed by atoms with Crippen molar-refractivity contribution in [2.75, 3.05) is 19.8 Å². The second-order valence-electron chi connectivity index (χ2n) is 6.64. The van der Waals surface area contributed by atoms with Gasteiger partial charge in [-0.05, 0) is 44.6 Å². The van der Waals surface area contributed by atoms with Crippen molar-refractivity contribution in [3.05, 3.63) is 0 Å². The van der Waals surface area contributed by atoms with Gasteiger partial charge in [0.15, 0.2) is 0 Å². The zero-order valence-electron chi connectivity index (χ0n) is 11.6. The lowest BCUT2D eigenvalue weighted by Crippen LogP contribution is -2.50. The lowest BCUT2D eigenvalue weighted by Gasteiger charge is -2.43. The minimum absolute atomic E-state index is 0.203. The summed E-state index contributed by atoms with van der Waals surface area (Å²) >= 11 is 0. The summed E-state index contributed by atoms with van der Waals surface area (Å²) in [4.78, 5) is 2.59. The molecule has 3 nitrogen and oxygen atoms in total. The summed E-state index contributed by atoms with van der Waals surface area (Å²) in [5.41, 5.74) is 0.203. The predicted octanol–water partition coefficient (Wildman–Crippen LogP) is 2.18. The molecule has 2 aliphatic heterocycles. The van der Waals surface area contributed by atoms with Crippen LogP contribution in [0.2, 0.25) is 0 Å². The summed E-state index contributed by atoms with van der Waals surface area (Å²) in [6.45, 7) is 4.71. The van der Waals surface area contributed by atoms with E-state index in [1.165, 1.54) is 45.1 Å². The first-order chi connectivity index (χ1) is 8.74. The average molecular weight is 253 g/mol. The molecule has 1 aliphatic carbocycles. The molecular weight excluding hydrogens is 226 g/mol. The van der Waals surface area contributed by atoms with Crippen molar-refractivity contribution >= 4 is 0 Å². The molecule has 1 saturated carbocycles. The van der Waals surface area contributed by atoms with Gasteiger partial charge in [-0.1, -0.05) is 19.8 Å². The maximum Gasteiger partial charge on any atom is 0.0697 e. The molecule has 2 heterocycles. The Kier molecular flexibility index (Phi) is 3.65. The smallest absolute Gasteiger partial charge is 0.0697 e. The number of aliphatic hydroxyl groups is 1. The number of hydrogen-bond donors (Lipinski definition) is 1. The second-order valence-corrected chi connectivity index (χ2v) is 6.64. The van der Waals surface area contributed by atoms with E-state index < -0.39 is 0 Å². The van der Waals surface area contributed by atoms with Gasteiger partial charge in [0.05, 0.1) is 12.2 Å². The molecule has 3 heteroatoms. The van der Waals surface area contributed by atoms with E-state index in [1.807, 2.05) is 0 Å². The third kappa shape index (κ3) is 2.21. The molecule has 0 amide bonds. The maximum atomic E-state index is 9.62. The first-order valence-corrected chi connectivity index (χ1v) is 7.75. The van der Waals surface area contributed by atoms with Gasteiger partial charge in [-0.3, -0.25) is 4.90 Å². The Morgan fingerprint density at radius 2 is 2.06 bits per heavy atom. The van der Waals surface area contributed by atoms with Crippen LogP contribution in [0.15, 0.2) is 0 Å². The lowest BCUT2D eigenvalue weighted by molar-refractivity contribution is -0.106. The Hall–Kier alpha value is -0.120. The van der Waals surface area contributed by atoms with E-state index in [1.54, 1.807) is 0 Å². The van der Waals surface area contributed by atoms with E-state index in [0.29, 0.717) is 24.6 Å². The topological polar surface area (TPSA) is 32.7 Å². The van der Waals surface area contributed by atoms with Gasteiger partial charge in [0.25, 0.3) is 0 Å². The summed E-state index contributed by atoms with van der Waals surface area (Å²) in [7, 11) is 0. The highest BCUT2D eigenvalue weighted by molar-refractivity contribution is 4.97. The first kappa shape index (κ1) is 12.9. The van der Waals surface area contributed by atoms with E-state index in [0.717, 1.165) is 13.0 Å². The Labute approximate surface area is 110 Å². The Bertz CT molecular complexity index is 288. The van der Waals surface area contributed by atoms with E-state index in [9.17, 15) is 5.11 Å². The SMILES string of the molecule is CC1CCN(C2CCOC3(CCCC3)C2)C1CO. The minimum atomic E-state index is 0.203. The summed E-state index contributed by atoms with van der Waals surface area (Å²) in [6, 6.07) is 1.05. The number of ether oxygens (including phenoxy) is 1. The monoisotopic (exact) mass is 253 g/mol. The molecule has 1 N–H and O–H groups in total. The van der Waals surface area contributed by atoms with E-state index in [-0.39, 0.29) is 5.60 Å². The maximum absolute atomic E-state index is 9.62. The fraction of sp³-hybridized carbons (Fsp3) is 1.00. The largest absolute Gasteiger partial charge is 0.395 e. The molecule has 104 valence electrons. The normalized spacial score (nSPS) is 40.7. The van der Waals surface area contributed by atoms with Crippen molar-refractivity contribution in [2.45, 2.75) is 69.6 Å². The van der Waals surface area contributed by atoms with Crippen LogP contribution in [0, 0.1) is 5.92 Å². The third-order valence-electron chi connectivity index (χ3n) is 5.56. The molecule has 0 aromatic heterocycles. The molecule has 3 aliphatic rings. The molecule has 0 radical (unpaired) electrons. The van der Waals surface area contributed by atoms with Crippen LogP contribution in [0.5, 0.6) is 0 Å². The van der Waals surface area contributed by atoms with E-state index >= 15 is 0 Å². The number of nitrogens with zero attached hydrogens (tertiary/aromatic N) is 1. The molecule has 3 atom stereocenters. The minimum Gasteiger partial charge on any atom is -0.395 e. The highest BCUT2D eigenvalue weighted by atomic mass is 16.5. The molecule has 3 unspecified atom stereocenters. The fourth-order valence-corrected chi connectivity index (χ4v) is 4.43. The van der Waals surface area contributed by atoms with Crippen molar-refractivity contribution in [1.82, 2.24) is 4.90 Å². The summed E-state index contributed by atoms with van der Waals surface area (Å²) < 4.78 is 6.12. The van der Waals surface area contributed by atoms with Gasteiger partial charge >= 0.3 is 0 Å². The molecule has 0 aromatic carbocycles. The van der Waals surface area contributed by atoms with Crippen LogP contribution in [0.4, 0.5) is 0 Å². The van der Waals surface area contributed by atoms with Gasteiger partial charge in [-0.25, -0.2) is 0 Å². The highest BCUT2D eigenvalue weighted by Crippen LogP contribution is 2.42. The Morgan fingerprint density at radius 1 is 1.28 bits per heavy atom. The average Bonchev–Trinajstić information content (AvgIpc) is 2.96. The molecule has 3 fully saturated rings. The van der Waals surface area contributed by atoms with E-state index in [2.05, 4.69) is 11.8 Å². The van der Waals surface area contributed by atoms with Gasteiger partial charge < -0.3 is 9.84 Å².